The van der Waals surface area contributed by atoms with Gasteiger partial charge >= 0.3 is 0 Å². The van der Waals surface area contributed by atoms with Crippen LogP contribution < -0.4 is 4.90 Å². The highest BCUT2D eigenvalue weighted by atomic mass is 15.5. The zero-order chi connectivity index (χ0) is 15.5. The molecular formula is C19H16N4. The molecule has 0 saturated carbocycles. The molecule has 112 valence electrons. The lowest BCUT2D eigenvalue weighted by Gasteiger charge is -2.24. The predicted molar refractivity (Wildman–Crippen MR) is 92.6 cm³/mol. The first-order valence-electron chi connectivity index (χ1n) is 7.58. The summed E-state index contributed by atoms with van der Waals surface area (Å²) in [5.74, 6) is 0. The number of aromatic nitrogens is 3. The van der Waals surface area contributed by atoms with Gasteiger partial charge in [-0.3, -0.25) is 0 Å². The van der Waals surface area contributed by atoms with E-state index in [0.29, 0.717) is 6.67 Å². The highest BCUT2D eigenvalue weighted by Gasteiger charge is 2.11. The average Bonchev–Trinajstić information content (AvgIpc) is 3.04. The molecule has 23 heavy (non-hydrogen) atoms. The molecule has 4 nitrogen and oxygen atoms in total. The zero-order valence-corrected chi connectivity index (χ0v) is 12.6. The normalized spacial score (nSPS) is 10.8. The highest BCUT2D eigenvalue weighted by molar-refractivity contribution is 5.73. The summed E-state index contributed by atoms with van der Waals surface area (Å²) in [5, 5.41) is 9.13. The lowest BCUT2D eigenvalue weighted by molar-refractivity contribution is 0.551. The quantitative estimate of drug-likeness (QED) is 0.565. The predicted octanol–water partition coefficient (Wildman–Crippen LogP) is 4.23. The van der Waals surface area contributed by atoms with Crippen molar-refractivity contribution in [3.63, 3.8) is 0 Å². The fourth-order valence-corrected chi connectivity index (χ4v) is 2.62. The van der Waals surface area contributed by atoms with Crippen LogP contribution in [0.15, 0.2) is 84.9 Å². The van der Waals surface area contributed by atoms with Gasteiger partial charge in [0.2, 0.25) is 0 Å². The van der Waals surface area contributed by atoms with Crippen molar-refractivity contribution in [1.29, 1.82) is 0 Å². The topological polar surface area (TPSA) is 34.0 Å². The summed E-state index contributed by atoms with van der Waals surface area (Å²) < 4.78 is 0. The number of rotatable bonds is 4. The van der Waals surface area contributed by atoms with Crippen molar-refractivity contribution in [2.75, 3.05) is 4.90 Å². The van der Waals surface area contributed by atoms with Crippen molar-refractivity contribution in [1.82, 2.24) is 15.0 Å². The molecule has 4 heteroatoms. The summed E-state index contributed by atoms with van der Waals surface area (Å²) in [5.41, 5.74) is 4.04. The van der Waals surface area contributed by atoms with Gasteiger partial charge in [0.1, 0.15) is 17.7 Å². The van der Waals surface area contributed by atoms with Crippen molar-refractivity contribution < 1.29 is 0 Å². The molecule has 0 radical (unpaired) electrons. The van der Waals surface area contributed by atoms with Crippen molar-refractivity contribution >= 4 is 22.4 Å². The third kappa shape index (κ3) is 2.79. The van der Waals surface area contributed by atoms with E-state index in [9.17, 15) is 0 Å². The fraction of sp³-hybridized carbons (Fsp3) is 0.0526. The number of nitrogens with zero attached hydrogens (tertiary/aromatic N) is 4. The molecular weight excluding hydrogens is 284 g/mol. The summed E-state index contributed by atoms with van der Waals surface area (Å²) in [7, 11) is 0. The van der Waals surface area contributed by atoms with Crippen molar-refractivity contribution in [2.24, 2.45) is 0 Å². The Bertz CT molecular complexity index is 828. The van der Waals surface area contributed by atoms with Gasteiger partial charge in [-0.1, -0.05) is 48.5 Å². The number of anilines is 2. The van der Waals surface area contributed by atoms with Crippen molar-refractivity contribution in [3.05, 3.63) is 84.9 Å². The van der Waals surface area contributed by atoms with Crippen LogP contribution in [-0.4, -0.2) is 15.0 Å². The minimum absolute atomic E-state index is 0.558. The van der Waals surface area contributed by atoms with Crippen LogP contribution in [0.1, 0.15) is 0 Å². The Kier molecular flexibility index (Phi) is 3.48. The van der Waals surface area contributed by atoms with Crippen LogP contribution in [0.25, 0.3) is 11.0 Å². The zero-order valence-electron chi connectivity index (χ0n) is 12.6. The lowest BCUT2D eigenvalue weighted by atomic mass is 10.2. The molecule has 1 aromatic heterocycles. The van der Waals surface area contributed by atoms with Crippen LogP contribution in [-0.2, 0) is 6.67 Å². The monoisotopic (exact) mass is 300 g/mol. The Labute approximate surface area is 134 Å². The van der Waals surface area contributed by atoms with Gasteiger partial charge in [-0.05, 0) is 36.4 Å². The minimum atomic E-state index is 0.558. The Morgan fingerprint density at radius 2 is 1.04 bits per heavy atom. The summed E-state index contributed by atoms with van der Waals surface area (Å²) in [4.78, 5) is 3.93. The minimum Gasteiger partial charge on any atom is -0.320 e. The first-order chi connectivity index (χ1) is 11.4. The van der Waals surface area contributed by atoms with Gasteiger partial charge < -0.3 is 4.90 Å². The standard InChI is InChI=1S/C19H16N4/c1-3-9-16(10-4-1)22(17-11-5-2-6-12-17)15-23-20-18-13-7-8-14-19(18)21-23/h1-14H,15H2. The molecule has 0 unspecified atom stereocenters. The number of benzene rings is 3. The maximum atomic E-state index is 4.57. The second kappa shape index (κ2) is 5.93. The molecule has 0 atom stereocenters. The number of hydrogen-bond acceptors (Lipinski definition) is 3. The maximum absolute atomic E-state index is 4.57. The molecule has 0 fully saturated rings. The molecule has 0 aliphatic carbocycles. The van der Waals surface area contributed by atoms with E-state index in [0.717, 1.165) is 22.4 Å². The van der Waals surface area contributed by atoms with E-state index < -0.39 is 0 Å². The summed E-state index contributed by atoms with van der Waals surface area (Å²) in [6.45, 7) is 0.558. The molecule has 0 aliphatic rings. The van der Waals surface area contributed by atoms with Crippen LogP contribution in [0.3, 0.4) is 0 Å². The van der Waals surface area contributed by atoms with Crippen LogP contribution in [0, 0.1) is 0 Å². The molecule has 0 bridgehead atoms. The van der Waals surface area contributed by atoms with Crippen LogP contribution in [0.2, 0.25) is 0 Å². The SMILES string of the molecule is c1ccc(N(Cn2nc3ccccc3n2)c2ccccc2)cc1. The van der Waals surface area contributed by atoms with Gasteiger partial charge in [0, 0.05) is 11.4 Å². The summed E-state index contributed by atoms with van der Waals surface area (Å²) >= 11 is 0. The molecule has 0 amide bonds. The first kappa shape index (κ1) is 13.5. The van der Waals surface area contributed by atoms with Crippen LogP contribution in [0.4, 0.5) is 11.4 Å². The van der Waals surface area contributed by atoms with E-state index in [4.69, 9.17) is 0 Å². The van der Waals surface area contributed by atoms with E-state index in [1.54, 1.807) is 4.80 Å². The molecule has 0 spiro atoms. The molecule has 4 rings (SSSR count). The molecule has 0 aliphatic heterocycles. The highest BCUT2D eigenvalue weighted by Crippen LogP contribution is 2.25. The maximum Gasteiger partial charge on any atom is 0.136 e. The van der Waals surface area contributed by atoms with Gasteiger partial charge in [0.15, 0.2) is 0 Å². The van der Waals surface area contributed by atoms with Gasteiger partial charge in [-0.25, -0.2) is 0 Å². The van der Waals surface area contributed by atoms with Gasteiger partial charge in [-0.2, -0.15) is 15.0 Å². The second-order valence-electron chi connectivity index (χ2n) is 5.30. The molecule has 0 N–H and O–H groups in total. The Morgan fingerprint density at radius 1 is 0.609 bits per heavy atom. The smallest absolute Gasteiger partial charge is 0.136 e. The molecule has 0 saturated heterocycles. The largest absolute Gasteiger partial charge is 0.320 e. The van der Waals surface area contributed by atoms with Crippen LogP contribution in [0.5, 0.6) is 0 Å². The van der Waals surface area contributed by atoms with Crippen LogP contribution >= 0.6 is 0 Å². The molecule has 3 aromatic carbocycles. The average molecular weight is 300 g/mol. The third-order valence-electron chi connectivity index (χ3n) is 3.73. The molecule has 1 heterocycles. The second-order valence-corrected chi connectivity index (χ2v) is 5.30. The van der Waals surface area contributed by atoms with Gasteiger partial charge in [-0.15, -0.1) is 0 Å². The van der Waals surface area contributed by atoms with Crippen molar-refractivity contribution in [3.8, 4) is 0 Å². The lowest BCUT2D eigenvalue weighted by Crippen LogP contribution is -2.22. The Morgan fingerprint density at radius 3 is 1.52 bits per heavy atom. The van der Waals surface area contributed by atoms with Gasteiger partial charge in [0.25, 0.3) is 0 Å². The van der Waals surface area contributed by atoms with E-state index in [1.807, 2.05) is 60.7 Å². The Balaban J connectivity index is 1.73. The molecule has 4 aromatic rings. The van der Waals surface area contributed by atoms with Gasteiger partial charge in [0.05, 0.1) is 0 Å². The Hall–Kier alpha value is -3.14. The van der Waals surface area contributed by atoms with E-state index in [1.165, 1.54) is 0 Å². The van der Waals surface area contributed by atoms with Crippen molar-refractivity contribution in [2.45, 2.75) is 6.67 Å². The van der Waals surface area contributed by atoms with E-state index >= 15 is 0 Å². The summed E-state index contributed by atoms with van der Waals surface area (Å²) in [6, 6.07) is 28.5. The summed E-state index contributed by atoms with van der Waals surface area (Å²) in [6.07, 6.45) is 0. The fourth-order valence-electron chi connectivity index (χ4n) is 2.62. The van der Waals surface area contributed by atoms with E-state index in [-0.39, 0.29) is 0 Å². The third-order valence-corrected chi connectivity index (χ3v) is 3.73. The van der Waals surface area contributed by atoms with E-state index in [2.05, 4.69) is 39.4 Å². The number of fused-ring (bicyclic) bond motifs is 1. The first-order valence-corrected chi connectivity index (χ1v) is 7.58. The number of para-hydroxylation sites is 2. The number of hydrogen-bond donors (Lipinski definition) is 0.